The molecule has 0 unspecified atom stereocenters. The zero-order chi connectivity index (χ0) is 21.0. The molecule has 1 saturated heterocycles. The molecule has 2 aromatic carbocycles. The Balaban J connectivity index is 1.40. The van der Waals surface area contributed by atoms with Crippen molar-refractivity contribution in [3.05, 3.63) is 65.7 Å². The van der Waals surface area contributed by atoms with Gasteiger partial charge in [-0.05, 0) is 42.7 Å². The number of hydrogen-bond donors (Lipinski definition) is 1. The molecule has 4 rings (SSSR count). The highest BCUT2D eigenvalue weighted by Gasteiger charge is 2.25. The largest absolute Gasteiger partial charge is 0.326 e. The van der Waals surface area contributed by atoms with E-state index in [1.807, 2.05) is 29.6 Å². The normalized spacial score (nSPS) is 15.1. The molecular formula is C22H23N3O3S2. The van der Waals surface area contributed by atoms with Crippen molar-refractivity contribution in [1.29, 1.82) is 0 Å². The van der Waals surface area contributed by atoms with E-state index in [4.69, 9.17) is 0 Å². The van der Waals surface area contributed by atoms with E-state index >= 15 is 0 Å². The van der Waals surface area contributed by atoms with Gasteiger partial charge in [-0.15, -0.1) is 11.3 Å². The second-order valence-corrected chi connectivity index (χ2v) is 10.1. The van der Waals surface area contributed by atoms with Gasteiger partial charge in [-0.1, -0.05) is 30.7 Å². The van der Waals surface area contributed by atoms with E-state index in [1.165, 1.54) is 0 Å². The van der Waals surface area contributed by atoms with E-state index in [-0.39, 0.29) is 17.2 Å². The lowest BCUT2D eigenvalue weighted by Gasteiger charge is -2.25. The first-order valence-electron chi connectivity index (χ1n) is 9.91. The third kappa shape index (κ3) is 4.77. The first kappa shape index (κ1) is 20.7. The summed E-state index contributed by atoms with van der Waals surface area (Å²) >= 11 is 1.54. The monoisotopic (exact) mass is 441 g/mol. The molecule has 1 amide bonds. The van der Waals surface area contributed by atoms with Crippen LogP contribution >= 0.6 is 11.3 Å². The molecule has 6 nitrogen and oxygen atoms in total. The van der Waals surface area contributed by atoms with E-state index in [2.05, 4.69) is 10.3 Å². The molecule has 30 heavy (non-hydrogen) atoms. The predicted octanol–water partition coefficient (Wildman–Crippen LogP) is 4.17. The van der Waals surface area contributed by atoms with Crippen LogP contribution in [-0.2, 0) is 21.2 Å². The van der Waals surface area contributed by atoms with Crippen LogP contribution in [0.2, 0.25) is 0 Å². The maximum atomic E-state index is 12.7. The minimum Gasteiger partial charge on any atom is -0.326 e. The number of sulfonamides is 1. The van der Waals surface area contributed by atoms with Crippen molar-refractivity contribution in [2.45, 2.75) is 30.6 Å². The summed E-state index contributed by atoms with van der Waals surface area (Å²) in [7, 11) is -3.45. The van der Waals surface area contributed by atoms with Crippen LogP contribution in [0.25, 0.3) is 10.6 Å². The summed E-state index contributed by atoms with van der Waals surface area (Å²) in [5.74, 6) is -0.155. The fourth-order valence-electron chi connectivity index (χ4n) is 3.52. The zero-order valence-corrected chi connectivity index (χ0v) is 18.1. The highest BCUT2D eigenvalue weighted by atomic mass is 32.2. The van der Waals surface area contributed by atoms with Crippen LogP contribution in [0.4, 0.5) is 5.69 Å². The number of hydrogen-bond acceptors (Lipinski definition) is 5. The van der Waals surface area contributed by atoms with Gasteiger partial charge in [-0.2, -0.15) is 4.31 Å². The second-order valence-electron chi connectivity index (χ2n) is 7.25. The molecule has 8 heteroatoms. The van der Waals surface area contributed by atoms with Gasteiger partial charge in [0.25, 0.3) is 0 Å². The summed E-state index contributed by atoms with van der Waals surface area (Å²) in [6.45, 7) is 1.15. The Morgan fingerprint density at radius 3 is 2.53 bits per heavy atom. The summed E-state index contributed by atoms with van der Waals surface area (Å²) in [6.07, 6.45) is 4.81. The van der Waals surface area contributed by atoms with Gasteiger partial charge in [-0.25, -0.2) is 13.4 Å². The van der Waals surface area contributed by atoms with Crippen LogP contribution in [0.15, 0.2) is 65.0 Å². The van der Waals surface area contributed by atoms with Crippen LogP contribution in [0, 0.1) is 0 Å². The first-order chi connectivity index (χ1) is 14.5. The zero-order valence-electron chi connectivity index (χ0n) is 16.5. The number of thiazole rings is 1. The van der Waals surface area contributed by atoms with Gasteiger partial charge >= 0.3 is 0 Å². The van der Waals surface area contributed by atoms with Crippen molar-refractivity contribution in [2.24, 2.45) is 0 Å². The lowest BCUT2D eigenvalue weighted by atomic mass is 10.1. The van der Waals surface area contributed by atoms with Gasteiger partial charge in [-0.3, -0.25) is 4.79 Å². The third-order valence-electron chi connectivity index (χ3n) is 5.07. The quantitative estimate of drug-likeness (QED) is 0.623. The van der Waals surface area contributed by atoms with Gasteiger partial charge in [0, 0.05) is 35.9 Å². The summed E-state index contributed by atoms with van der Waals surface area (Å²) < 4.78 is 27.0. The summed E-state index contributed by atoms with van der Waals surface area (Å²) in [4.78, 5) is 17.0. The van der Waals surface area contributed by atoms with Crippen molar-refractivity contribution in [1.82, 2.24) is 9.29 Å². The van der Waals surface area contributed by atoms with Gasteiger partial charge in [0.1, 0.15) is 5.01 Å². The molecule has 1 fully saturated rings. The van der Waals surface area contributed by atoms with Gasteiger partial charge in [0.05, 0.1) is 11.3 Å². The van der Waals surface area contributed by atoms with Gasteiger partial charge in [0.2, 0.25) is 15.9 Å². The van der Waals surface area contributed by atoms with Crippen LogP contribution in [0.3, 0.4) is 0 Å². The summed E-state index contributed by atoms with van der Waals surface area (Å²) in [5, 5.41) is 5.71. The van der Waals surface area contributed by atoms with E-state index < -0.39 is 10.0 Å². The molecule has 1 aliphatic rings. The number of nitrogens with zero attached hydrogens (tertiary/aromatic N) is 2. The summed E-state index contributed by atoms with van der Waals surface area (Å²) in [5.41, 5.74) is 2.42. The smallest absolute Gasteiger partial charge is 0.243 e. The molecule has 1 aliphatic heterocycles. The molecule has 156 valence electrons. The Bertz CT molecular complexity index is 1100. The lowest BCUT2D eigenvalue weighted by Crippen LogP contribution is -2.35. The molecule has 2 heterocycles. The fraction of sp³-hybridized carbons (Fsp3) is 0.273. The van der Waals surface area contributed by atoms with Gasteiger partial charge < -0.3 is 5.32 Å². The molecule has 0 spiro atoms. The molecule has 0 radical (unpaired) electrons. The average molecular weight is 442 g/mol. The Labute approximate surface area is 180 Å². The topological polar surface area (TPSA) is 79.4 Å². The number of benzene rings is 2. The Morgan fingerprint density at radius 1 is 1.07 bits per heavy atom. The number of anilines is 1. The summed E-state index contributed by atoms with van der Waals surface area (Å²) in [6, 6.07) is 14.2. The van der Waals surface area contributed by atoms with E-state index in [0.29, 0.717) is 18.8 Å². The molecule has 0 bridgehead atoms. The van der Waals surface area contributed by atoms with Crippen molar-refractivity contribution in [2.75, 3.05) is 18.4 Å². The molecule has 3 aromatic rings. The van der Waals surface area contributed by atoms with Crippen LogP contribution in [0.1, 0.15) is 24.8 Å². The minimum atomic E-state index is -3.45. The number of carbonyl (C=O) groups is 1. The molecular weight excluding hydrogens is 418 g/mol. The Morgan fingerprint density at radius 2 is 1.83 bits per heavy atom. The fourth-order valence-corrected chi connectivity index (χ4v) is 5.67. The molecule has 1 N–H and O–H groups in total. The lowest BCUT2D eigenvalue weighted by molar-refractivity contribution is -0.115. The standard InChI is InChI=1S/C22H23N3O3S2/c26-21(24-19-6-4-5-18(16-19)22-23-11-14-29-22)15-17-7-9-20(10-8-17)30(27,28)25-12-2-1-3-13-25/h4-11,14,16H,1-3,12-13,15H2,(H,24,26). The molecule has 0 saturated carbocycles. The van der Waals surface area contributed by atoms with Crippen LogP contribution in [0.5, 0.6) is 0 Å². The van der Waals surface area contributed by atoms with Crippen molar-refractivity contribution < 1.29 is 13.2 Å². The predicted molar refractivity (Wildman–Crippen MR) is 119 cm³/mol. The number of nitrogens with one attached hydrogen (secondary N) is 1. The number of carbonyl (C=O) groups excluding carboxylic acids is 1. The maximum absolute atomic E-state index is 12.7. The van der Waals surface area contributed by atoms with E-state index in [1.54, 1.807) is 46.1 Å². The number of aromatic nitrogens is 1. The SMILES string of the molecule is O=C(Cc1ccc(S(=O)(=O)N2CCCCC2)cc1)Nc1cccc(-c2nccs2)c1. The van der Waals surface area contributed by atoms with Crippen LogP contribution < -0.4 is 5.32 Å². The average Bonchev–Trinajstić information content (AvgIpc) is 3.30. The van der Waals surface area contributed by atoms with Crippen molar-refractivity contribution in [3.8, 4) is 10.6 Å². The van der Waals surface area contributed by atoms with E-state index in [0.717, 1.165) is 35.4 Å². The van der Waals surface area contributed by atoms with Crippen molar-refractivity contribution in [3.63, 3.8) is 0 Å². The highest BCUT2D eigenvalue weighted by molar-refractivity contribution is 7.89. The van der Waals surface area contributed by atoms with Gasteiger partial charge in [0.15, 0.2) is 0 Å². The van der Waals surface area contributed by atoms with Crippen LogP contribution in [-0.4, -0.2) is 36.7 Å². The maximum Gasteiger partial charge on any atom is 0.243 e. The first-order valence-corrected chi connectivity index (χ1v) is 12.2. The number of rotatable bonds is 6. The Kier molecular flexibility index (Phi) is 6.26. The second kappa shape index (κ2) is 9.07. The number of piperidine rings is 1. The third-order valence-corrected chi connectivity index (χ3v) is 7.80. The number of amides is 1. The highest BCUT2D eigenvalue weighted by Crippen LogP contribution is 2.25. The Hall–Kier alpha value is -2.55. The molecule has 1 aromatic heterocycles. The molecule has 0 atom stereocenters. The minimum absolute atomic E-state index is 0.155. The van der Waals surface area contributed by atoms with Crippen molar-refractivity contribution >= 4 is 33.0 Å². The molecule has 0 aliphatic carbocycles. The van der Waals surface area contributed by atoms with E-state index in [9.17, 15) is 13.2 Å².